The molecule has 2 bridgehead atoms. The number of pyridine rings is 1. The highest BCUT2D eigenvalue weighted by Gasteiger charge is 2.37. The Bertz CT molecular complexity index is 727. The number of amides is 1. The fourth-order valence-corrected chi connectivity index (χ4v) is 3.67. The van der Waals surface area contributed by atoms with Crippen molar-refractivity contribution < 1.29 is 9.53 Å². The monoisotopic (exact) mass is 314 g/mol. The first-order valence-corrected chi connectivity index (χ1v) is 8.26. The second-order valence-electron chi connectivity index (χ2n) is 6.42. The van der Waals surface area contributed by atoms with Gasteiger partial charge in [-0.25, -0.2) is 4.98 Å². The van der Waals surface area contributed by atoms with Crippen LogP contribution in [0.4, 0.5) is 0 Å². The summed E-state index contributed by atoms with van der Waals surface area (Å²) in [6.45, 7) is 8.27. The van der Waals surface area contributed by atoms with Crippen molar-refractivity contribution in [2.75, 3.05) is 32.7 Å². The zero-order valence-corrected chi connectivity index (χ0v) is 13.6. The largest absolute Gasteiger partial charge is 0.369 e. The number of hydrogen-bond donors (Lipinski definition) is 0. The number of carbonyl (C=O) groups excluding carboxylic acids is 1. The van der Waals surface area contributed by atoms with E-state index in [1.165, 1.54) is 0 Å². The van der Waals surface area contributed by atoms with Crippen LogP contribution in [0.5, 0.6) is 0 Å². The molecule has 2 atom stereocenters. The van der Waals surface area contributed by atoms with E-state index in [1.807, 2.05) is 40.6 Å². The molecule has 2 fully saturated rings. The molecule has 2 aromatic heterocycles. The Balaban J connectivity index is 1.58. The van der Waals surface area contributed by atoms with Crippen LogP contribution in [0.1, 0.15) is 23.1 Å². The zero-order valence-electron chi connectivity index (χ0n) is 13.6. The van der Waals surface area contributed by atoms with Crippen LogP contribution >= 0.6 is 0 Å². The van der Waals surface area contributed by atoms with Crippen molar-refractivity contribution >= 4 is 11.6 Å². The van der Waals surface area contributed by atoms with Crippen molar-refractivity contribution in [3.8, 4) is 0 Å². The molecule has 6 heteroatoms. The molecule has 2 aliphatic heterocycles. The standard InChI is InChI=1S/C17H22N4O2/c1-3-19-8-13-10-20(11-14(9-19)23-13)17(22)16-12(2)21-7-5-4-6-15(21)18-16/h4-7,13-14H,3,8-11H2,1-2H3. The second-order valence-corrected chi connectivity index (χ2v) is 6.42. The van der Waals surface area contributed by atoms with Gasteiger partial charge in [-0.3, -0.25) is 9.69 Å². The summed E-state index contributed by atoms with van der Waals surface area (Å²) in [5.74, 6) is 0.0226. The molecule has 0 aliphatic carbocycles. The molecule has 23 heavy (non-hydrogen) atoms. The molecule has 4 heterocycles. The Kier molecular flexibility index (Phi) is 3.58. The predicted molar refractivity (Wildman–Crippen MR) is 86.6 cm³/mol. The van der Waals surface area contributed by atoms with E-state index in [0.29, 0.717) is 18.8 Å². The van der Waals surface area contributed by atoms with Crippen molar-refractivity contribution in [1.29, 1.82) is 0 Å². The first-order valence-electron chi connectivity index (χ1n) is 8.26. The number of rotatable bonds is 2. The van der Waals surface area contributed by atoms with E-state index >= 15 is 0 Å². The van der Waals surface area contributed by atoms with E-state index in [1.54, 1.807) is 0 Å². The maximum Gasteiger partial charge on any atom is 0.274 e. The van der Waals surface area contributed by atoms with Crippen LogP contribution in [0.15, 0.2) is 24.4 Å². The summed E-state index contributed by atoms with van der Waals surface area (Å²) in [6, 6.07) is 5.82. The van der Waals surface area contributed by atoms with E-state index in [2.05, 4.69) is 16.8 Å². The molecule has 0 aromatic carbocycles. The van der Waals surface area contributed by atoms with Crippen molar-refractivity contribution in [2.45, 2.75) is 26.1 Å². The lowest BCUT2D eigenvalue weighted by molar-refractivity contribution is -0.129. The molecule has 1 amide bonds. The van der Waals surface area contributed by atoms with Gasteiger partial charge in [0.15, 0.2) is 0 Å². The third-order valence-corrected chi connectivity index (χ3v) is 4.86. The summed E-state index contributed by atoms with van der Waals surface area (Å²) >= 11 is 0. The number of fused-ring (bicyclic) bond motifs is 3. The average Bonchev–Trinajstić information content (AvgIpc) is 2.90. The maximum atomic E-state index is 13.0. The molecule has 4 rings (SSSR count). The van der Waals surface area contributed by atoms with E-state index in [0.717, 1.165) is 31.0 Å². The normalized spacial score (nSPS) is 25.0. The number of nitrogens with zero attached hydrogens (tertiary/aromatic N) is 4. The smallest absolute Gasteiger partial charge is 0.274 e. The van der Waals surface area contributed by atoms with E-state index in [9.17, 15) is 4.79 Å². The zero-order chi connectivity index (χ0) is 16.0. The van der Waals surface area contributed by atoms with Gasteiger partial charge in [-0.2, -0.15) is 0 Å². The number of likely N-dealkylation sites (N-methyl/N-ethyl adjacent to an activating group) is 1. The summed E-state index contributed by atoms with van der Waals surface area (Å²) in [7, 11) is 0. The van der Waals surface area contributed by atoms with Crippen LogP contribution in [-0.4, -0.2) is 70.0 Å². The number of aryl methyl sites for hydroxylation is 1. The van der Waals surface area contributed by atoms with E-state index in [4.69, 9.17) is 4.74 Å². The molecule has 0 N–H and O–H groups in total. The van der Waals surface area contributed by atoms with Gasteiger partial charge < -0.3 is 14.0 Å². The molecule has 0 radical (unpaired) electrons. The minimum Gasteiger partial charge on any atom is -0.369 e. The van der Waals surface area contributed by atoms with Crippen molar-refractivity contribution in [3.05, 3.63) is 35.8 Å². The lowest BCUT2D eigenvalue weighted by atomic mass is 10.1. The fraction of sp³-hybridized carbons (Fsp3) is 0.529. The summed E-state index contributed by atoms with van der Waals surface area (Å²) in [6.07, 6.45) is 2.18. The minimum absolute atomic E-state index is 0.0226. The number of ether oxygens (including phenoxy) is 1. The lowest BCUT2D eigenvalue weighted by Crippen LogP contribution is -2.60. The molecular weight excluding hydrogens is 292 g/mol. The number of imidazole rings is 1. The minimum atomic E-state index is 0.0226. The van der Waals surface area contributed by atoms with Crippen molar-refractivity contribution in [3.63, 3.8) is 0 Å². The van der Waals surface area contributed by atoms with Crippen molar-refractivity contribution in [1.82, 2.24) is 19.2 Å². The van der Waals surface area contributed by atoms with Gasteiger partial charge in [0.25, 0.3) is 5.91 Å². The number of hydrogen-bond acceptors (Lipinski definition) is 4. The Morgan fingerprint density at radius 1 is 1.26 bits per heavy atom. The van der Waals surface area contributed by atoms with Gasteiger partial charge in [-0.1, -0.05) is 13.0 Å². The lowest BCUT2D eigenvalue weighted by Gasteiger charge is -2.45. The van der Waals surface area contributed by atoms with E-state index < -0.39 is 0 Å². The van der Waals surface area contributed by atoms with E-state index in [-0.39, 0.29) is 18.1 Å². The van der Waals surface area contributed by atoms with Gasteiger partial charge in [0, 0.05) is 32.4 Å². The Morgan fingerprint density at radius 3 is 2.65 bits per heavy atom. The molecule has 2 saturated heterocycles. The summed E-state index contributed by atoms with van der Waals surface area (Å²) in [5, 5.41) is 0. The van der Waals surface area contributed by atoms with Gasteiger partial charge in [-0.05, 0) is 25.6 Å². The first kappa shape index (κ1) is 14.7. The maximum absolute atomic E-state index is 13.0. The van der Waals surface area contributed by atoms with Crippen LogP contribution < -0.4 is 0 Å². The number of morpholine rings is 2. The molecular formula is C17H22N4O2. The third kappa shape index (κ3) is 2.52. The second kappa shape index (κ2) is 5.62. The first-order chi connectivity index (χ1) is 11.2. The molecule has 122 valence electrons. The predicted octanol–water partition coefficient (Wildman–Crippen LogP) is 1.19. The highest BCUT2D eigenvalue weighted by molar-refractivity contribution is 5.94. The Hall–Kier alpha value is -1.92. The van der Waals surface area contributed by atoms with Crippen LogP contribution in [-0.2, 0) is 4.74 Å². The molecule has 6 nitrogen and oxygen atoms in total. The van der Waals surface area contributed by atoms with Crippen LogP contribution in [0.3, 0.4) is 0 Å². The molecule has 2 unspecified atom stereocenters. The van der Waals surface area contributed by atoms with Crippen molar-refractivity contribution in [2.24, 2.45) is 0 Å². The Morgan fingerprint density at radius 2 is 2.00 bits per heavy atom. The summed E-state index contributed by atoms with van der Waals surface area (Å²) in [4.78, 5) is 21.8. The summed E-state index contributed by atoms with van der Waals surface area (Å²) in [5.41, 5.74) is 2.28. The molecule has 0 saturated carbocycles. The van der Waals surface area contributed by atoms with Gasteiger partial charge in [-0.15, -0.1) is 0 Å². The highest BCUT2D eigenvalue weighted by atomic mass is 16.5. The van der Waals surface area contributed by atoms with Gasteiger partial charge in [0.2, 0.25) is 0 Å². The topological polar surface area (TPSA) is 50.1 Å². The highest BCUT2D eigenvalue weighted by Crippen LogP contribution is 2.22. The van der Waals surface area contributed by atoms with Gasteiger partial charge >= 0.3 is 0 Å². The van der Waals surface area contributed by atoms with Gasteiger partial charge in [0.05, 0.1) is 17.9 Å². The SMILES string of the molecule is CCN1CC2CN(C(=O)c3nc4ccccn4c3C)CC(C1)O2. The average molecular weight is 314 g/mol. The number of carbonyl (C=O) groups is 1. The summed E-state index contributed by atoms with van der Waals surface area (Å²) < 4.78 is 7.96. The van der Waals surface area contributed by atoms with Crippen LogP contribution in [0, 0.1) is 6.92 Å². The fourth-order valence-electron chi connectivity index (χ4n) is 3.67. The molecule has 0 spiro atoms. The molecule has 2 aliphatic rings. The van der Waals surface area contributed by atoms with Crippen LogP contribution in [0.2, 0.25) is 0 Å². The quantitative estimate of drug-likeness (QED) is 0.835. The Labute approximate surface area is 135 Å². The third-order valence-electron chi connectivity index (χ3n) is 4.86. The molecule has 2 aromatic rings. The number of aromatic nitrogens is 2. The van der Waals surface area contributed by atoms with Gasteiger partial charge in [0.1, 0.15) is 11.3 Å². The van der Waals surface area contributed by atoms with Crippen LogP contribution in [0.25, 0.3) is 5.65 Å².